The van der Waals surface area contributed by atoms with Crippen LogP contribution in [0.4, 0.5) is 17.6 Å². The lowest BCUT2D eigenvalue weighted by molar-refractivity contribution is -0.128. The number of aromatic amines is 1. The van der Waals surface area contributed by atoms with Crippen molar-refractivity contribution in [2.45, 2.75) is 18.1 Å². The van der Waals surface area contributed by atoms with Crippen molar-refractivity contribution in [1.82, 2.24) is 14.9 Å². The number of aromatic nitrogens is 2. The van der Waals surface area contributed by atoms with Crippen molar-refractivity contribution in [1.29, 1.82) is 0 Å². The van der Waals surface area contributed by atoms with Crippen LogP contribution in [0.1, 0.15) is 18.5 Å². The zero-order chi connectivity index (χ0) is 19.7. The Morgan fingerprint density at radius 3 is 2.48 bits per heavy atom. The van der Waals surface area contributed by atoms with E-state index in [0.717, 1.165) is 36.0 Å². The predicted molar refractivity (Wildman–Crippen MR) is 94.3 cm³/mol. The quantitative estimate of drug-likeness (QED) is 0.512. The van der Waals surface area contributed by atoms with E-state index in [9.17, 15) is 22.4 Å². The Hall–Kier alpha value is -2.55. The van der Waals surface area contributed by atoms with E-state index in [1.54, 1.807) is 14.0 Å². The average Bonchev–Trinajstić information content (AvgIpc) is 3.02. The third kappa shape index (κ3) is 4.08. The summed E-state index contributed by atoms with van der Waals surface area (Å²) < 4.78 is 52.9. The number of nitrogens with zero attached hydrogens (tertiary/aromatic N) is 2. The lowest BCUT2D eigenvalue weighted by atomic mass is 10.1. The van der Waals surface area contributed by atoms with Crippen molar-refractivity contribution in [3.8, 4) is 0 Å². The topological polar surface area (TPSA) is 49.0 Å². The van der Waals surface area contributed by atoms with Gasteiger partial charge in [0.15, 0.2) is 28.4 Å². The van der Waals surface area contributed by atoms with Gasteiger partial charge < -0.3 is 9.88 Å². The molecule has 1 unspecified atom stereocenters. The summed E-state index contributed by atoms with van der Waals surface area (Å²) in [6.07, 6.45) is 0. The van der Waals surface area contributed by atoms with Crippen LogP contribution >= 0.6 is 11.8 Å². The fourth-order valence-corrected chi connectivity index (χ4v) is 3.30. The van der Waals surface area contributed by atoms with Crippen molar-refractivity contribution >= 4 is 28.7 Å². The van der Waals surface area contributed by atoms with E-state index >= 15 is 0 Å². The molecule has 2 aromatic carbocycles. The molecule has 1 amide bonds. The molecule has 0 aliphatic heterocycles. The molecule has 0 saturated heterocycles. The Morgan fingerprint density at radius 2 is 1.78 bits per heavy atom. The van der Waals surface area contributed by atoms with E-state index in [1.807, 2.05) is 0 Å². The normalized spacial score (nSPS) is 12.4. The molecule has 142 valence electrons. The number of hydrogen-bond acceptors (Lipinski definition) is 3. The number of rotatable bonds is 5. The minimum atomic E-state index is -0.998. The molecule has 0 bridgehead atoms. The van der Waals surface area contributed by atoms with Crippen molar-refractivity contribution in [3.63, 3.8) is 0 Å². The number of imidazole rings is 1. The van der Waals surface area contributed by atoms with Crippen molar-refractivity contribution in [2.75, 3.05) is 12.8 Å². The fraction of sp³-hybridized carbons (Fsp3) is 0.222. The van der Waals surface area contributed by atoms with Crippen molar-refractivity contribution in [2.24, 2.45) is 0 Å². The highest BCUT2D eigenvalue weighted by Crippen LogP contribution is 2.24. The van der Waals surface area contributed by atoms with Crippen LogP contribution in [0.25, 0.3) is 11.0 Å². The largest absolute Gasteiger partial charge is 0.338 e. The van der Waals surface area contributed by atoms with Gasteiger partial charge in [0.05, 0.1) is 22.8 Å². The summed E-state index contributed by atoms with van der Waals surface area (Å²) in [5.41, 5.74) is 1.05. The van der Waals surface area contributed by atoms with Gasteiger partial charge in [-0.3, -0.25) is 4.79 Å². The summed E-state index contributed by atoms with van der Waals surface area (Å²) in [5, 5.41) is 0.345. The Kier molecular flexibility index (Phi) is 5.41. The second kappa shape index (κ2) is 7.59. The molecule has 3 rings (SSSR count). The second-order valence-electron chi connectivity index (χ2n) is 5.97. The van der Waals surface area contributed by atoms with Gasteiger partial charge in [-0.05, 0) is 24.6 Å². The molecule has 27 heavy (non-hydrogen) atoms. The molecule has 0 fully saturated rings. The van der Waals surface area contributed by atoms with Gasteiger partial charge in [0, 0.05) is 19.2 Å². The third-order valence-electron chi connectivity index (χ3n) is 4.23. The summed E-state index contributed by atoms with van der Waals surface area (Å²) in [6, 6.07) is 5.00. The molecule has 0 radical (unpaired) electrons. The van der Waals surface area contributed by atoms with Crippen LogP contribution in [0, 0.1) is 23.3 Å². The van der Waals surface area contributed by atoms with E-state index in [4.69, 9.17) is 0 Å². The Morgan fingerprint density at radius 1 is 1.11 bits per heavy atom. The first kappa shape index (κ1) is 19.2. The van der Waals surface area contributed by atoms with E-state index in [0.29, 0.717) is 16.2 Å². The van der Waals surface area contributed by atoms with Crippen molar-refractivity contribution in [3.05, 3.63) is 59.2 Å². The standard InChI is InChI=1S/C18H15F4N3OS/c1-9(10-3-4-11(19)12(20)5-10)25(2)17(26)8-27-18-23-15-6-13(21)14(22)7-16(15)24-18/h3-7,9H,8H2,1-2H3,(H,23,24). The predicted octanol–water partition coefficient (Wildman–Crippen LogP) is 4.43. The van der Waals surface area contributed by atoms with Crippen LogP contribution in [-0.2, 0) is 4.79 Å². The molecule has 1 N–H and O–H groups in total. The molecule has 4 nitrogen and oxygen atoms in total. The number of fused-ring (bicyclic) bond motifs is 1. The Labute approximate surface area is 156 Å². The summed E-state index contributed by atoms with van der Waals surface area (Å²) in [5.74, 6) is -4.17. The van der Waals surface area contributed by atoms with Crippen LogP contribution in [0.5, 0.6) is 0 Å². The number of hydrogen-bond donors (Lipinski definition) is 1. The van der Waals surface area contributed by atoms with Gasteiger partial charge in [0.2, 0.25) is 5.91 Å². The third-order valence-corrected chi connectivity index (χ3v) is 5.09. The second-order valence-corrected chi connectivity index (χ2v) is 6.93. The zero-order valence-electron chi connectivity index (χ0n) is 14.4. The first-order valence-corrected chi connectivity index (χ1v) is 8.93. The molecule has 0 aliphatic rings. The number of H-pyrrole nitrogens is 1. The minimum absolute atomic E-state index is 0.00923. The summed E-state index contributed by atoms with van der Waals surface area (Å²) in [4.78, 5) is 20.7. The smallest absolute Gasteiger partial charge is 0.233 e. The van der Waals surface area contributed by atoms with Crippen molar-refractivity contribution < 1.29 is 22.4 Å². The highest BCUT2D eigenvalue weighted by Gasteiger charge is 2.19. The number of thioether (sulfide) groups is 1. The number of nitrogens with one attached hydrogen (secondary N) is 1. The number of halogens is 4. The van der Waals surface area contributed by atoms with Gasteiger partial charge in [0.1, 0.15) is 0 Å². The van der Waals surface area contributed by atoms with Crippen LogP contribution < -0.4 is 0 Å². The fourth-order valence-electron chi connectivity index (χ4n) is 2.49. The highest BCUT2D eigenvalue weighted by molar-refractivity contribution is 7.99. The van der Waals surface area contributed by atoms with Gasteiger partial charge in [0.25, 0.3) is 0 Å². The monoisotopic (exact) mass is 397 g/mol. The molecular formula is C18H15F4N3OS. The van der Waals surface area contributed by atoms with Crippen LogP contribution in [-0.4, -0.2) is 33.6 Å². The van der Waals surface area contributed by atoms with E-state index in [-0.39, 0.29) is 17.2 Å². The van der Waals surface area contributed by atoms with Gasteiger partial charge in [-0.15, -0.1) is 0 Å². The number of amides is 1. The highest BCUT2D eigenvalue weighted by atomic mass is 32.2. The summed E-state index contributed by atoms with van der Waals surface area (Å²) in [7, 11) is 1.55. The SMILES string of the molecule is CC(c1ccc(F)c(F)c1)N(C)C(=O)CSc1nc2cc(F)c(F)cc2[nH]1. The molecule has 1 atom stereocenters. The summed E-state index contributed by atoms with van der Waals surface area (Å²) in [6.45, 7) is 1.70. The number of carbonyl (C=O) groups is 1. The maximum absolute atomic E-state index is 13.4. The van der Waals surface area contributed by atoms with Crippen LogP contribution in [0.3, 0.4) is 0 Å². The average molecular weight is 397 g/mol. The Balaban J connectivity index is 1.66. The first-order chi connectivity index (χ1) is 12.8. The lowest BCUT2D eigenvalue weighted by Gasteiger charge is -2.25. The van der Waals surface area contributed by atoms with Gasteiger partial charge in [-0.25, -0.2) is 22.5 Å². The number of benzene rings is 2. The molecule has 9 heteroatoms. The van der Waals surface area contributed by atoms with Crippen LogP contribution in [0.15, 0.2) is 35.5 Å². The Bertz CT molecular complexity index is 969. The van der Waals surface area contributed by atoms with Crippen LogP contribution in [0.2, 0.25) is 0 Å². The molecule has 0 spiro atoms. The molecule has 1 heterocycles. The molecule has 0 aliphatic carbocycles. The lowest BCUT2D eigenvalue weighted by Crippen LogP contribution is -2.31. The van der Waals surface area contributed by atoms with E-state index in [1.165, 1.54) is 11.0 Å². The van der Waals surface area contributed by atoms with Gasteiger partial charge in [-0.1, -0.05) is 17.8 Å². The maximum Gasteiger partial charge on any atom is 0.233 e. The van der Waals surface area contributed by atoms with E-state index < -0.39 is 29.3 Å². The molecular weight excluding hydrogens is 382 g/mol. The molecule has 0 saturated carbocycles. The van der Waals surface area contributed by atoms with Gasteiger partial charge in [-0.2, -0.15) is 0 Å². The van der Waals surface area contributed by atoms with E-state index in [2.05, 4.69) is 9.97 Å². The molecule has 3 aromatic rings. The maximum atomic E-state index is 13.4. The minimum Gasteiger partial charge on any atom is -0.338 e. The summed E-state index contributed by atoms with van der Waals surface area (Å²) >= 11 is 1.08. The van der Waals surface area contributed by atoms with Gasteiger partial charge >= 0.3 is 0 Å². The number of carbonyl (C=O) groups excluding carboxylic acids is 1. The first-order valence-electron chi connectivity index (χ1n) is 7.94. The molecule has 1 aromatic heterocycles. The zero-order valence-corrected chi connectivity index (χ0v) is 15.2.